The molecule has 0 unspecified atom stereocenters. The van der Waals surface area contributed by atoms with Gasteiger partial charge >= 0.3 is 0 Å². The zero-order chi connectivity index (χ0) is 17.0. The summed E-state index contributed by atoms with van der Waals surface area (Å²) in [5.74, 6) is 0.249. The minimum atomic E-state index is -0.763. The fourth-order valence-electron chi connectivity index (χ4n) is 4.48. The van der Waals surface area contributed by atoms with Crippen molar-refractivity contribution < 1.29 is 9.90 Å². The van der Waals surface area contributed by atoms with Crippen LogP contribution in [0.25, 0.3) is 0 Å². The molecule has 2 N–H and O–H groups in total. The lowest BCUT2D eigenvalue weighted by molar-refractivity contribution is -0.136. The number of rotatable bonds is 5. The summed E-state index contributed by atoms with van der Waals surface area (Å²) in [7, 11) is 0. The molecule has 1 saturated carbocycles. The number of benzene rings is 1. The third-order valence-corrected chi connectivity index (χ3v) is 5.66. The van der Waals surface area contributed by atoms with Crippen molar-refractivity contribution in [3.63, 3.8) is 0 Å². The van der Waals surface area contributed by atoms with Crippen molar-refractivity contribution in [2.24, 2.45) is 5.92 Å². The minimum Gasteiger partial charge on any atom is -0.385 e. The van der Waals surface area contributed by atoms with Gasteiger partial charge in [0.25, 0.3) is 0 Å². The Hall–Kier alpha value is -1.65. The van der Waals surface area contributed by atoms with E-state index in [1.165, 1.54) is 6.42 Å². The zero-order valence-corrected chi connectivity index (χ0v) is 14.3. The predicted octanol–water partition coefficient (Wildman–Crippen LogP) is 2.44. The minimum absolute atomic E-state index is 0.0457. The standard InChI is InChI=1S/C20H28N2O2/c1-2-13-21-19(23)15-22-14-12-20(24,16-8-4-3-5-9-16)17-10-6-7-11-18(17)22/h2-5,8-9,17-18,24H,1,6-7,10-15H2,(H,21,23)/t17-,18+,20+/m1/s1. The number of aliphatic hydroxyl groups is 1. The molecule has 0 spiro atoms. The van der Waals surface area contributed by atoms with Crippen LogP contribution in [0.4, 0.5) is 0 Å². The molecular weight excluding hydrogens is 300 g/mol. The Bertz CT molecular complexity index is 574. The zero-order valence-electron chi connectivity index (χ0n) is 14.3. The lowest BCUT2D eigenvalue weighted by Crippen LogP contribution is -2.59. The lowest BCUT2D eigenvalue weighted by Gasteiger charge is -2.52. The van der Waals surface area contributed by atoms with E-state index in [9.17, 15) is 9.90 Å². The first-order valence-corrected chi connectivity index (χ1v) is 9.04. The van der Waals surface area contributed by atoms with Gasteiger partial charge in [0.15, 0.2) is 0 Å². The summed E-state index contributed by atoms with van der Waals surface area (Å²) < 4.78 is 0. The van der Waals surface area contributed by atoms with Crippen LogP contribution in [0.3, 0.4) is 0 Å². The SMILES string of the molecule is C=CCNC(=O)CN1CC[C@](O)(c2ccccc2)[C@@H]2CCCC[C@@H]21. The van der Waals surface area contributed by atoms with Gasteiger partial charge in [-0.3, -0.25) is 9.69 Å². The summed E-state index contributed by atoms with van der Waals surface area (Å²) in [6.07, 6.45) is 6.82. The average molecular weight is 328 g/mol. The second kappa shape index (κ2) is 7.49. The number of nitrogens with one attached hydrogen (secondary N) is 1. The van der Waals surface area contributed by atoms with Crippen LogP contribution in [-0.2, 0) is 10.4 Å². The molecule has 0 bridgehead atoms. The number of hydrogen-bond acceptors (Lipinski definition) is 3. The Morgan fingerprint density at radius 2 is 2.08 bits per heavy atom. The largest absolute Gasteiger partial charge is 0.385 e. The van der Waals surface area contributed by atoms with E-state index >= 15 is 0 Å². The molecule has 130 valence electrons. The molecule has 4 nitrogen and oxygen atoms in total. The van der Waals surface area contributed by atoms with Gasteiger partial charge in [0.1, 0.15) is 0 Å². The number of fused-ring (bicyclic) bond motifs is 1. The maximum absolute atomic E-state index is 12.1. The van der Waals surface area contributed by atoms with Crippen LogP contribution in [0.2, 0.25) is 0 Å². The second-order valence-electron chi connectivity index (χ2n) is 7.06. The van der Waals surface area contributed by atoms with Gasteiger partial charge in [-0.25, -0.2) is 0 Å². The second-order valence-corrected chi connectivity index (χ2v) is 7.06. The first-order valence-electron chi connectivity index (χ1n) is 9.04. The summed E-state index contributed by atoms with van der Waals surface area (Å²) >= 11 is 0. The number of amides is 1. The van der Waals surface area contributed by atoms with Gasteiger partial charge < -0.3 is 10.4 Å². The van der Waals surface area contributed by atoms with Crippen LogP contribution in [0.15, 0.2) is 43.0 Å². The van der Waals surface area contributed by atoms with Gasteiger partial charge in [0.05, 0.1) is 12.1 Å². The van der Waals surface area contributed by atoms with Crippen LogP contribution in [-0.4, -0.2) is 41.6 Å². The van der Waals surface area contributed by atoms with Crippen LogP contribution >= 0.6 is 0 Å². The predicted molar refractivity (Wildman–Crippen MR) is 95.5 cm³/mol. The van der Waals surface area contributed by atoms with E-state index in [2.05, 4.69) is 16.8 Å². The Morgan fingerprint density at radius 3 is 2.83 bits per heavy atom. The van der Waals surface area contributed by atoms with Crippen molar-refractivity contribution in [1.29, 1.82) is 0 Å². The normalized spacial score (nSPS) is 30.4. The fourth-order valence-corrected chi connectivity index (χ4v) is 4.48. The van der Waals surface area contributed by atoms with Crippen LogP contribution in [0.1, 0.15) is 37.7 Å². The molecule has 4 heteroatoms. The molecule has 1 aromatic rings. The van der Waals surface area contributed by atoms with Crippen molar-refractivity contribution in [2.75, 3.05) is 19.6 Å². The van der Waals surface area contributed by atoms with Crippen LogP contribution in [0.5, 0.6) is 0 Å². The molecule has 3 rings (SSSR count). The number of carbonyl (C=O) groups is 1. The molecule has 0 radical (unpaired) electrons. The van der Waals surface area contributed by atoms with Gasteiger partial charge in [-0.1, -0.05) is 49.2 Å². The van der Waals surface area contributed by atoms with Crippen molar-refractivity contribution in [3.05, 3.63) is 48.6 Å². The van der Waals surface area contributed by atoms with Crippen LogP contribution < -0.4 is 5.32 Å². The average Bonchev–Trinajstić information content (AvgIpc) is 2.63. The van der Waals surface area contributed by atoms with Gasteiger partial charge in [0, 0.05) is 25.0 Å². The third-order valence-electron chi connectivity index (χ3n) is 5.66. The first-order chi connectivity index (χ1) is 11.6. The van der Waals surface area contributed by atoms with Crippen molar-refractivity contribution in [1.82, 2.24) is 10.2 Å². The molecule has 2 aliphatic rings. The maximum atomic E-state index is 12.1. The third kappa shape index (κ3) is 3.40. The quantitative estimate of drug-likeness (QED) is 0.816. The van der Waals surface area contributed by atoms with Crippen molar-refractivity contribution in [2.45, 2.75) is 43.7 Å². The van der Waals surface area contributed by atoms with E-state index in [4.69, 9.17) is 0 Å². The molecular formula is C20H28N2O2. The highest BCUT2D eigenvalue weighted by atomic mass is 16.3. The summed E-state index contributed by atoms with van der Waals surface area (Å²) in [6.45, 7) is 5.32. The Kier molecular flexibility index (Phi) is 5.36. The number of carbonyl (C=O) groups excluding carboxylic acids is 1. The Morgan fingerprint density at radius 1 is 1.33 bits per heavy atom. The van der Waals surface area contributed by atoms with E-state index in [1.807, 2.05) is 30.3 Å². The fraction of sp³-hybridized carbons (Fsp3) is 0.550. The summed E-state index contributed by atoms with van der Waals surface area (Å²) in [4.78, 5) is 14.4. The number of likely N-dealkylation sites (tertiary alicyclic amines) is 1. The molecule has 0 aromatic heterocycles. The highest BCUT2D eigenvalue weighted by molar-refractivity contribution is 5.78. The molecule has 2 fully saturated rings. The summed E-state index contributed by atoms with van der Waals surface area (Å²) in [5, 5.41) is 14.4. The van der Waals surface area contributed by atoms with E-state index in [0.717, 1.165) is 31.4 Å². The lowest BCUT2D eigenvalue weighted by atomic mass is 9.66. The maximum Gasteiger partial charge on any atom is 0.234 e. The van der Waals surface area contributed by atoms with Gasteiger partial charge in [-0.15, -0.1) is 6.58 Å². The van der Waals surface area contributed by atoms with Crippen molar-refractivity contribution >= 4 is 5.91 Å². The van der Waals surface area contributed by atoms with E-state index in [0.29, 0.717) is 19.5 Å². The molecule has 1 aliphatic heterocycles. The molecule has 1 heterocycles. The molecule has 1 aromatic carbocycles. The first kappa shape index (κ1) is 17.2. The molecule has 3 atom stereocenters. The van der Waals surface area contributed by atoms with Crippen LogP contribution in [0, 0.1) is 5.92 Å². The highest BCUT2D eigenvalue weighted by Gasteiger charge is 2.49. The van der Waals surface area contributed by atoms with Gasteiger partial charge in [0.2, 0.25) is 5.91 Å². The summed E-state index contributed by atoms with van der Waals surface area (Å²) in [6, 6.07) is 10.4. The van der Waals surface area contributed by atoms with Crippen molar-refractivity contribution in [3.8, 4) is 0 Å². The van der Waals surface area contributed by atoms with Gasteiger partial charge in [-0.2, -0.15) is 0 Å². The molecule has 24 heavy (non-hydrogen) atoms. The highest BCUT2D eigenvalue weighted by Crippen LogP contribution is 2.46. The van der Waals surface area contributed by atoms with E-state index in [-0.39, 0.29) is 17.9 Å². The number of nitrogens with zero attached hydrogens (tertiary/aromatic N) is 1. The molecule has 1 aliphatic carbocycles. The Labute approximate surface area is 144 Å². The smallest absolute Gasteiger partial charge is 0.234 e. The Balaban J connectivity index is 1.77. The monoisotopic (exact) mass is 328 g/mol. The van der Waals surface area contributed by atoms with Gasteiger partial charge in [-0.05, 0) is 24.8 Å². The van der Waals surface area contributed by atoms with E-state index in [1.54, 1.807) is 6.08 Å². The molecule has 1 saturated heterocycles. The van der Waals surface area contributed by atoms with E-state index < -0.39 is 5.60 Å². The summed E-state index contributed by atoms with van der Waals surface area (Å²) in [5.41, 5.74) is 0.262. The molecule has 1 amide bonds. The number of hydrogen-bond donors (Lipinski definition) is 2. The number of piperidine rings is 1. The topological polar surface area (TPSA) is 52.6 Å².